The Bertz CT molecular complexity index is 621. The summed E-state index contributed by atoms with van der Waals surface area (Å²) in [5.74, 6) is 1.57. The van der Waals surface area contributed by atoms with Crippen molar-refractivity contribution in [3.8, 4) is 11.5 Å². The minimum absolute atomic E-state index is 0.161. The van der Waals surface area contributed by atoms with Crippen LogP contribution in [0.5, 0.6) is 11.5 Å². The van der Waals surface area contributed by atoms with Crippen molar-refractivity contribution in [1.82, 2.24) is 0 Å². The molecular weight excluding hydrogens is 423 g/mol. The van der Waals surface area contributed by atoms with Crippen LogP contribution in [0, 0.1) is 0 Å². The molecule has 0 radical (unpaired) electrons. The summed E-state index contributed by atoms with van der Waals surface area (Å²) in [4.78, 5) is -0.161. The summed E-state index contributed by atoms with van der Waals surface area (Å²) in [5.41, 5.74) is 0. The van der Waals surface area contributed by atoms with E-state index < -0.39 is 17.2 Å². The number of hydrogen-bond donors (Lipinski definition) is 1. The van der Waals surface area contributed by atoms with Crippen LogP contribution in [0.15, 0.2) is 60.7 Å². The van der Waals surface area contributed by atoms with Gasteiger partial charge < -0.3 is 22.3 Å². The van der Waals surface area contributed by atoms with Crippen LogP contribution in [0.2, 0.25) is 0 Å². The molecule has 1 unspecified atom stereocenters. The molecule has 5 nitrogen and oxygen atoms in total. The van der Waals surface area contributed by atoms with E-state index in [1.807, 2.05) is 81.4 Å². The van der Waals surface area contributed by atoms with Gasteiger partial charge in [-0.1, -0.05) is 36.4 Å². The minimum atomic E-state index is -2.89. The van der Waals surface area contributed by atoms with Crippen LogP contribution in [-0.2, 0) is 13.3 Å². The Morgan fingerprint density at radius 2 is 1.17 bits per heavy atom. The second kappa shape index (κ2) is 13.3. The molecule has 0 saturated carbocycles. The fraction of sp³-hybridized carbons (Fsp3) is 0.429. The highest BCUT2D eigenvalue weighted by molar-refractivity contribution is 7.83. The highest BCUT2D eigenvalue weighted by Gasteiger charge is 2.47. The quantitative estimate of drug-likeness (QED) is 0.224. The van der Waals surface area contributed by atoms with Gasteiger partial charge >= 0.3 is 8.80 Å². The standard InChI is InChI=1S/C21H31O5PSSi/c1-4-22-29(23-5-2,24-6-3)21(28)17-18-27(25-19-13-9-7-10-14-19)26-20-15-11-8-12-16-20/h7-16,21,28H,4-6,17-18H2,1-3H3. The molecule has 29 heavy (non-hydrogen) atoms. The first-order valence-electron chi connectivity index (χ1n) is 9.97. The third-order valence-electron chi connectivity index (χ3n) is 3.93. The number of rotatable bonds is 14. The van der Waals surface area contributed by atoms with Crippen molar-refractivity contribution in [3.63, 3.8) is 0 Å². The van der Waals surface area contributed by atoms with Crippen LogP contribution in [0.1, 0.15) is 27.2 Å². The second-order valence-electron chi connectivity index (χ2n) is 6.07. The maximum Gasteiger partial charge on any atom is 0.514 e. The molecule has 0 spiro atoms. The van der Waals surface area contributed by atoms with Gasteiger partial charge in [-0.05, 0) is 51.5 Å². The van der Waals surface area contributed by atoms with E-state index in [2.05, 4.69) is 0 Å². The third kappa shape index (κ3) is 7.93. The lowest BCUT2D eigenvalue weighted by Gasteiger charge is -2.33. The highest BCUT2D eigenvalue weighted by Crippen LogP contribution is 2.42. The molecule has 2 aromatic carbocycles. The first-order chi connectivity index (χ1) is 14.1. The molecule has 0 fully saturated rings. The van der Waals surface area contributed by atoms with E-state index in [-0.39, 0.29) is 4.87 Å². The molecule has 2 aromatic rings. The zero-order chi connectivity index (χ0) is 21.0. The Kier molecular flexibility index (Phi) is 11.1. The summed E-state index contributed by atoms with van der Waals surface area (Å²) in [6, 6.07) is 19.4. The topological polar surface area (TPSA) is 46.2 Å². The summed E-state index contributed by atoms with van der Waals surface area (Å²) in [6.07, 6.45) is 1.37. The maximum atomic E-state index is 6.16. The molecule has 2 rings (SSSR count). The van der Waals surface area contributed by atoms with Crippen molar-refractivity contribution in [2.24, 2.45) is 0 Å². The van der Waals surface area contributed by atoms with Crippen molar-refractivity contribution in [3.05, 3.63) is 60.7 Å². The lowest BCUT2D eigenvalue weighted by molar-refractivity contribution is 0.0694. The van der Waals surface area contributed by atoms with E-state index in [9.17, 15) is 0 Å². The molecule has 0 heterocycles. The van der Waals surface area contributed by atoms with E-state index in [0.717, 1.165) is 11.5 Å². The normalized spacial score (nSPS) is 12.7. The smallest absolute Gasteiger partial charge is 0.439 e. The van der Waals surface area contributed by atoms with Crippen LogP contribution < -0.4 is 9.05 Å². The number of benzene rings is 2. The van der Waals surface area contributed by atoms with Gasteiger partial charge in [-0.25, -0.2) is 0 Å². The predicted molar refractivity (Wildman–Crippen MR) is 124 cm³/mol. The van der Waals surface area contributed by atoms with Gasteiger partial charge in [0.2, 0.25) is 0 Å². The lowest BCUT2D eigenvalue weighted by atomic mass is 10.3. The van der Waals surface area contributed by atoms with Gasteiger partial charge in [0.25, 0.3) is 8.38 Å². The second-order valence-corrected chi connectivity index (χ2v) is 11.4. The van der Waals surface area contributed by atoms with Crippen molar-refractivity contribution in [2.45, 2.75) is 32.1 Å². The monoisotopic (exact) mass is 454 g/mol. The van der Waals surface area contributed by atoms with Crippen molar-refractivity contribution >= 4 is 29.8 Å². The Morgan fingerprint density at radius 3 is 1.55 bits per heavy atom. The lowest BCUT2D eigenvalue weighted by Crippen LogP contribution is -2.54. The van der Waals surface area contributed by atoms with Gasteiger partial charge in [0.15, 0.2) is 0 Å². The highest BCUT2D eigenvalue weighted by atomic mass is 32.1. The summed E-state index contributed by atoms with van der Waals surface area (Å²) >= 11 is 4.83. The first kappa shape index (κ1) is 24.2. The van der Waals surface area contributed by atoms with Gasteiger partial charge in [0.1, 0.15) is 11.5 Å². The summed E-state index contributed by atoms with van der Waals surface area (Å²) in [6.45, 7) is 7.43. The van der Waals surface area contributed by atoms with Gasteiger partial charge in [-0.15, -0.1) is 0 Å². The fourth-order valence-corrected chi connectivity index (χ4v) is 7.91. The zero-order valence-electron chi connectivity index (χ0n) is 17.3. The van der Waals surface area contributed by atoms with Crippen LogP contribution >= 0.6 is 21.0 Å². The van der Waals surface area contributed by atoms with E-state index in [1.54, 1.807) is 0 Å². The Hall–Kier alpha value is -1.08. The molecule has 0 aliphatic rings. The van der Waals surface area contributed by atoms with E-state index >= 15 is 0 Å². The Balaban J connectivity index is 2.09. The van der Waals surface area contributed by atoms with Crippen molar-refractivity contribution in [1.29, 1.82) is 0 Å². The van der Waals surface area contributed by atoms with Crippen molar-refractivity contribution < 1.29 is 22.3 Å². The van der Waals surface area contributed by atoms with Crippen molar-refractivity contribution in [2.75, 3.05) is 26.0 Å². The number of para-hydroxylation sites is 2. The molecule has 0 aliphatic heterocycles. The Morgan fingerprint density at radius 1 is 0.759 bits per heavy atom. The zero-order valence-corrected chi connectivity index (χ0v) is 20.1. The molecule has 0 N–H and O–H groups in total. The first-order valence-corrected chi connectivity index (χ1v) is 13.6. The molecule has 0 saturated heterocycles. The molecule has 160 valence electrons. The molecule has 0 bridgehead atoms. The van der Waals surface area contributed by atoms with E-state index in [1.165, 1.54) is 0 Å². The molecule has 0 aromatic heterocycles. The number of thiol groups is 1. The van der Waals surface area contributed by atoms with Gasteiger partial charge in [0.05, 0.1) is 4.87 Å². The van der Waals surface area contributed by atoms with E-state index in [4.69, 9.17) is 35.0 Å². The summed E-state index contributed by atoms with van der Waals surface area (Å²) < 4.78 is 30.3. The fourth-order valence-electron chi connectivity index (χ4n) is 2.73. The van der Waals surface area contributed by atoms with Crippen LogP contribution in [-0.4, -0.2) is 39.7 Å². The summed E-state index contributed by atoms with van der Waals surface area (Å²) in [5, 5.41) is 0. The average Bonchev–Trinajstić information content (AvgIpc) is 2.74. The van der Waals surface area contributed by atoms with Gasteiger partial charge in [0, 0.05) is 26.0 Å². The van der Waals surface area contributed by atoms with Gasteiger partial charge in [-0.2, -0.15) is 12.6 Å². The molecule has 1 atom stereocenters. The minimum Gasteiger partial charge on any atom is -0.439 e. The maximum absolute atomic E-state index is 6.16. The van der Waals surface area contributed by atoms with Gasteiger partial charge in [-0.3, -0.25) is 0 Å². The average molecular weight is 455 g/mol. The largest absolute Gasteiger partial charge is 0.514 e. The van der Waals surface area contributed by atoms with E-state index in [0.29, 0.717) is 32.4 Å². The molecule has 0 aliphatic carbocycles. The summed E-state index contributed by atoms with van der Waals surface area (Å²) in [7, 11) is -4.10. The van der Waals surface area contributed by atoms with Crippen LogP contribution in [0.25, 0.3) is 0 Å². The molecular formula is C21H31O5PSSi. The third-order valence-corrected chi connectivity index (χ3v) is 9.77. The SMILES string of the molecule is CCO[Si](OCC)(OCC)C(S)CCP(Oc1ccccc1)Oc1ccccc1. The Labute approximate surface area is 182 Å². The van der Waals surface area contributed by atoms with Crippen LogP contribution in [0.4, 0.5) is 0 Å². The number of hydrogen-bond acceptors (Lipinski definition) is 6. The van der Waals surface area contributed by atoms with Crippen LogP contribution in [0.3, 0.4) is 0 Å². The molecule has 0 amide bonds. The molecule has 8 heteroatoms. The predicted octanol–water partition coefficient (Wildman–Crippen LogP) is 5.73.